The highest BCUT2D eigenvalue weighted by Gasteiger charge is 2.10. The van der Waals surface area contributed by atoms with Gasteiger partial charge in [-0.3, -0.25) is 0 Å². The second kappa shape index (κ2) is 4.79. The number of nitrogens with one attached hydrogen (secondary N) is 1. The molecule has 0 aliphatic carbocycles. The van der Waals surface area contributed by atoms with Gasteiger partial charge in [-0.25, -0.2) is 0 Å². The summed E-state index contributed by atoms with van der Waals surface area (Å²) in [5.41, 5.74) is 1.11. The smallest absolute Gasteiger partial charge is 0.162 e. The Balaban J connectivity index is 2.28. The van der Waals surface area contributed by atoms with Gasteiger partial charge in [-0.1, -0.05) is 0 Å². The zero-order valence-corrected chi connectivity index (χ0v) is 9.56. The molecule has 1 N–H and O–H groups in total. The van der Waals surface area contributed by atoms with Crippen LogP contribution in [0.3, 0.4) is 0 Å². The summed E-state index contributed by atoms with van der Waals surface area (Å²) in [6.45, 7) is 1.90. The Hall–Kier alpha value is -1.84. The van der Waals surface area contributed by atoms with Gasteiger partial charge in [-0.15, -0.1) is 0 Å². The summed E-state index contributed by atoms with van der Waals surface area (Å²) < 4.78 is 10.5. The standard InChI is InChI=1S/C12H16N2O2/c1-15-11-4-3-10(9-12(11)16-2)14-7-5-13-6-8-14/h3-5,7,9,13H,6,8H2,1-2H3. The van der Waals surface area contributed by atoms with Gasteiger partial charge < -0.3 is 19.7 Å². The third-order valence-electron chi connectivity index (χ3n) is 2.57. The molecule has 0 radical (unpaired) electrons. The first-order valence-electron chi connectivity index (χ1n) is 5.24. The number of ether oxygens (including phenoxy) is 2. The van der Waals surface area contributed by atoms with Gasteiger partial charge in [-0.2, -0.15) is 0 Å². The summed E-state index contributed by atoms with van der Waals surface area (Å²) >= 11 is 0. The van der Waals surface area contributed by atoms with Crippen LogP contribution in [0.15, 0.2) is 30.6 Å². The van der Waals surface area contributed by atoms with Crippen LogP contribution in [0.4, 0.5) is 5.69 Å². The second-order valence-electron chi connectivity index (χ2n) is 3.50. The van der Waals surface area contributed by atoms with Crippen molar-refractivity contribution in [1.82, 2.24) is 5.32 Å². The quantitative estimate of drug-likeness (QED) is 0.838. The maximum atomic E-state index is 5.28. The molecule has 1 aliphatic rings. The van der Waals surface area contributed by atoms with Crippen LogP contribution in [0, 0.1) is 0 Å². The van der Waals surface area contributed by atoms with E-state index in [9.17, 15) is 0 Å². The van der Waals surface area contributed by atoms with Crippen molar-refractivity contribution in [1.29, 1.82) is 0 Å². The van der Waals surface area contributed by atoms with Gasteiger partial charge in [0.05, 0.1) is 14.2 Å². The summed E-state index contributed by atoms with van der Waals surface area (Å²) in [5.74, 6) is 1.51. The van der Waals surface area contributed by atoms with E-state index in [1.807, 2.05) is 30.6 Å². The summed E-state index contributed by atoms with van der Waals surface area (Å²) in [6.07, 6.45) is 3.96. The van der Waals surface area contributed by atoms with E-state index in [1.54, 1.807) is 14.2 Å². The molecular formula is C12H16N2O2. The third kappa shape index (κ3) is 2.05. The number of methoxy groups -OCH3 is 2. The summed E-state index contributed by atoms with van der Waals surface area (Å²) in [5, 5.41) is 3.16. The van der Waals surface area contributed by atoms with Gasteiger partial charge in [0.1, 0.15) is 0 Å². The van der Waals surface area contributed by atoms with Crippen molar-refractivity contribution in [3.05, 3.63) is 30.6 Å². The SMILES string of the molecule is COc1ccc(N2C=CNCC2)cc1OC. The van der Waals surface area contributed by atoms with Crippen molar-refractivity contribution in [2.75, 3.05) is 32.2 Å². The van der Waals surface area contributed by atoms with Crippen LogP contribution in [0.5, 0.6) is 11.5 Å². The topological polar surface area (TPSA) is 33.7 Å². The molecule has 0 bridgehead atoms. The minimum absolute atomic E-state index is 0.755. The summed E-state index contributed by atoms with van der Waals surface area (Å²) in [7, 11) is 3.29. The maximum absolute atomic E-state index is 5.28. The molecule has 1 heterocycles. The van der Waals surface area contributed by atoms with E-state index < -0.39 is 0 Å². The van der Waals surface area contributed by atoms with Gasteiger partial charge in [0, 0.05) is 37.2 Å². The number of anilines is 1. The lowest BCUT2D eigenvalue weighted by Gasteiger charge is -2.24. The van der Waals surface area contributed by atoms with E-state index >= 15 is 0 Å². The lowest BCUT2D eigenvalue weighted by atomic mass is 10.2. The van der Waals surface area contributed by atoms with Crippen LogP contribution in [0.25, 0.3) is 0 Å². The van der Waals surface area contributed by atoms with Crippen molar-refractivity contribution < 1.29 is 9.47 Å². The molecule has 0 unspecified atom stereocenters. The highest BCUT2D eigenvalue weighted by Crippen LogP contribution is 2.31. The molecule has 0 fully saturated rings. The van der Waals surface area contributed by atoms with Crippen molar-refractivity contribution in [3.63, 3.8) is 0 Å². The minimum Gasteiger partial charge on any atom is -0.493 e. The van der Waals surface area contributed by atoms with Crippen LogP contribution in [-0.2, 0) is 0 Å². The average molecular weight is 220 g/mol. The van der Waals surface area contributed by atoms with E-state index in [-0.39, 0.29) is 0 Å². The molecule has 16 heavy (non-hydrogen) atoms. The zero-order chi connectivity index (χ0) is 11.4. The zero-order valence-electron chi connectivity index (χ0n) is 9.56. The number of benzene rings is 1. The first kappa shape index (κ1) is 10.7. The Morgan fingerprint density at radius 2 is 2.00 bits per heavy atom. The molecule has 0 aromatic heterocycles. The second-order valence-corrected chi connectivity index (χ2v) is 3.50. The van der Waals surface area contributed by atoms with Crippen molar-refractivity contribution >= 4 is 5.69 Å². The Labute approximate surface area is 95.5 Å². The molecule has 0 saturated heterocycles. The van der Waals surface area contributed by atoms with Crippen molar-refractivity contribution in [2.24, 2.45) is 0 Å². The van der Waals surface area contributed by atoms with Crippen LogP contribution >= 0.6 is 0 Å². The molecule has 0 amide bonds. The van der Waals surface area contributed by atoms with Gasteiger partial charge in [0.25, 0.3) is 0 Å². The molecular weight excluding hydrogens is 204 g/mol. The highest BCUT2D eigenvalue weighted by atomic mass is 16.5. The maximum Gasteiger partial charge on any atom is 0.162 e. The molecule has 4 nitrogen and oxygen atoms in total. The molecule has 0 atom stereocenters. The Morgan fingerprint density at radius 3 is 2.62 bits per heavy atom. The number of nitrogens with zero attached hydrogens (tertiary/aromatic N) is 1. The van der Waals surface area contributed by atoms with Crippen LogP contribution in [0.2, 0.25) is 0 Å². The van der Waals surface area contributed by atoms with Crippen LogP contribution in [-0.4, -0.2) is 27.3 Å². The van der Waals surface area contributed by atoms with Crippen molar-refractivity contribution in [3.8, 4) is 11.5 Å². The molecule has 1 aliphatic heterocycles. The van der Waals surface area contributed by atoms with Crippen LogP contribution in [0.1, 0.15) is 0 Å². The first-order valence-corrected chi connectivity index (χ1v) is 5.24. The fraction of sp³-hybridized carbons (Fsp3) is 0.333. The van der Waals surface area contributed by atoms with Gasteiger partial charge in [-0.05, 0) is 12.1 Å². The fourth-order valence-corrected chi connectivity index (χ4v) is 1.70. The number of hydrogen-bond donors (Lipinski definition) is 1. The first-order chi connectivity index (χ1) is 7.85. The van der Waals surface area contributed by atoms with E-state index in [2.05, 4.69) is 10.2 Å². The predicted octanol–water partition coefficient (Wildman–Crippen LogP) is 1.58. The number of rotatable bonds is 3. The average Bonchev–Trinajstić information content (AvgIpc) is 2.39. The predicted molar refractivity (Wildman–Crippen MR) is 64.0 cm³/mol. The molecule has 1 aromatic carbocycles. The minimum atomic E-state index is 0.755. The Morgan fingerprint density at radius 1 is 1.19 bits per heavy atom. The normalized spacial score (nSPS) is 14.5. The molecule has 2 rings (SSSR count). The molecule has 4 heteroatoms. The van der Waals surface area contributed by atoms with E-state index in [0.717, 1.165) is 30.3 Å². The van der Waals surface area contributed by atoms with Crippen LogP contribution < -0.4 is 19.7 Å². The molecule has 86 valence electrons. The Kier molecular flexibility index (Phi) is 3.19. The van der Waals surface area contributed by atoms with E-state index in [0.29, 0.717) is 0 Å². The largest absolute Gasteiger partial charge is 0.493 e. The van der Waals surface area contributed by atoms with Gasteiger partial charge in [0.2, 0.25) is 0 Å². The Bertz CT molecular complexity index is 391. The molecule has 0 spiro atoms. The molecule has 1 aromatic rings. The van der Waals surface area contributed by atoms with Gasteiger partial charge in [0.15, 0.2) is 11.5 Å². The fourth-order valence-electron chi connectivity index (χ4n) is 1.70. The summed E-state index contributed by atoms with van der Waals surface area (Å²) in [6, 6.07) is 5.93. The lowest BCUT2D eigenvalue weighted by molar-refractivity contribution is 0.355. The van der Waals surface area contributed by atoms with E-state index in [4.69, 9.17) is 9.47 Å². The van der Waals surface area contributed by atoms with Crippen molar-refractivity contribution in [2.45, 2.75) is 0 Å². The summed E-state index contributed by atoms with van der Waals surface area (Å²) in [4.78, 5) is 2.17. The van der Waals surface area contributed by atoms with Gasteiger partial charge >= 0.3 is 0 Å². The monoisotopic (exact) mass is 220 g/mol. The third-order valence-corrected chi connectivity index (χ3v) is 2.57. The number of hydrogen-bond acceptors (Lipinski definition) is 4. The lowest BCUT2D eigenvalue weighted by Crippen LogP contribution is -2.30. The van der Waals surface area contributed by atoms with E-state index in [1.165, 1.54) is 0 Å². The molecule has 0 saturated carbocycles. The highest BCUT2D eigenvalue weighted by molar-refractivity contribution is 5.58.